The molecule has 2 aromatic carbocycles. The molecule has 0 aliphatic carbocycles. The van der Waals surface area contributed by atoms with Crippen molar-refractivity contribution in [1.82, 2.24) is 15.4 Å². The van der Waals surface area contributed by atoms with Gasteiger partial charge in [0.05, 0.1) is 26.3 Å². The topological polar surface area (TPSA) is 76.8 Å². The average Bonchev–Trinajstić information content (AvgIpc) is 3.20. The number of hydrogen-bond acceptors (Lipinski definition) is 5. The fourth-order valence-corrected chi connectivity index (χ4v) is 3.12. The minimum Gasteiger partial charge on any atom is -0.497 e. The molecule has 0 atom stereocenters. The van der Waals surface area contributed by atoms with Gasteiger partial charge in [-0.1, -0.05) is 35.5 Å². The lowest BCUT2D eigenvalue weighted by molar-refractivity contribution is 0.181. The van der Waals surface area contributed by atoms with Crippen molar-refractivity contribution in [2.75, 3.05) is 14.2 Å². The van der Waals surface area contributed by atoms with E-state index in [0.29, 0.717) is 36.0 Å². The zero-order chi connectivity index (χ0) is 22.4. The first-order valence-electron chi connectivity index (χ1n) is 10.1. The Bertz CT molecular complexity index is 1010. The standard InChI is InChI=1S/C24H29N3O4/c1-24(2,3)25-23(28)27(15-17-9-7-6-8-10-17)16-18-13-22(31-26-18)20-14-19(29-4)11-12-21(20)30-5/h6-14H,15-16H2,1-5H3,(H,25,28). The molecule has 3 rings (SSSR count). The maximum Gasteiger partial charge on any atom is 0.318 e. The van der Waals surface area contributed by atoms with Crippen LogP contribution in [0.1, 0.15) is 32.0 Å². The largest absolute Gasteiger partial charge is 0.497 e. The molecule has 0 saturated heterocycles. The van der Waals surface area contributed by atoms with Crippen molar-refractivity contribution in [2.24, 2.45) is 0 Å². The second-order valence-electron chi connectivity index (χ2n) is 8.27. The smallest absolute Gasteiger partial charge is 0.318 e. The maximum absolute atomic E-state index is 12.9. The third-order valence-electron chi connectivity index (χ3n) is 4.57. The molecule has 2 amide bonds. The molecule has 0 aliphatic rings. The van der Waals surface area contributed by atoms with Gasteiger partial charge in [0.25, 0.3) is 0 Å². The molecule has 7 nitrogen and oxygen atoms in total. The van der Waals surface area contributed by atoms with Crippen molar-refractivity contribution in [2.45, 2.75) is 39.4 Å². The minimum atomic E-state index is -0.352. The molecule has 1 aromatic heterocycles. The highest BCUT2D eigenvalue weighted by Gasteiger charge is 2.22. The Morgan fingerprint density at radius 3 is 2.42 bits per heavy atom. The SMILES string of the molecule is COc1ccc(OC)c(-c2cc(CN(Cc3ccccc3)C(=O)NC(C)(C)C)no2)c1. The number of aromatic nitrogens is 1. The molecule has 0 spiro atoms. The Labute approximate surface area is 182 Å². The van der Waals surface area contributed by atoms with Crippen LogP contribution < -0.4 is 14.8 Å². The Balaban J connectivity index is 1.85. The van der Waals surface area contributed by atoms with E-state index in [1.807, 2.05) is 75.4 Å². The lowest BCUT2D eigenvalue weighted by Gasteiger charge is -2.28. The molecule has 164 valence electrons. The van der Waals surface area contributed by atoms with Gasteiger partial charge in [-0.15, -0.1) is 0 Å². The van der Waals surface area contributed by atoms with Crippen LogP contribution in [0.4, 0.5) is 4.79 Å². The molecule has 0 fully saturated rings. The van der Waals surface area contributed by atoms with E-state index >= 15 is 0 Å². The summed E-state index contributed by atoms with van der Waals surface area (Å²) in [5, 5.41) is 7.21. The predicted octanol–water partition coefficient (Wildman–Crippen LogP) is 4.87. The number of benzene rings is 2. The first-order chi connectivity index (χ1) is 14.8. The summed E-state index contributed by atoms with van der Waals surface area (Å²) in [5.74, 6) is 1.88. The van der Waals surface area contributed by atoms with E-state index in [1.165, 1.54) is 0 Å². The highest BCUT2D eigenvalue weighted by atomic mass is 16.5. The number of carbonyl (C=O) groups is 1. The summed E-state index contributed by atoms with van der Waals surface area (Å²) >= 11 is 0. The van der Waals surface area contributed by atoms with Gasteiger partial charge < -0.3 is 24.2 Å². The van der Waals surface area contributed by atoms with Crippen LogP contribution in [0.15, 0.2) is 59.1 Å². The first kappa shape index (κ1) is 22.2. The van der Waals surface area contributed by atoms with Gasteiger partial charge >= 0.3 is 6.03 Å². The molecule has 0 bridgehead atoms. The molecule has 0 unspecified atom stereocenters. The van der Waals surface area contributed by atoms with Crippen molar-refractivity contribution in [3.63, 3.8) is 0 Å². The Kier molecular flexibility index (Phi) is 6.84. The van der Waals surface area contributed by atoms with E-state index < -0.39 is 0 Å². The van der Waals surface area contributed by atoms with Crippen molar-refractivity contribution in [3.8, 4) is 22.8 Å². The number of ether oxygens (including phenoxy) is 2. The predicted molar refractivity (Wildman–Crippen MR) is 119 cm³/mol. The Morgan fingerprint density at radius 1 is 1.03 bits per heavy atom. The Morgan fingerprint density at radius 2 is 1.77 bits per heavy atom. The average molecular weight is 424 g/mol. The molecule has 1 heterocycles. The molecular weight excluding hydrogens is 394 g/mol. The van der Waals surface area contributed by atoms with Gasteiger partial charge in [-0.25, -0.2) is 4.79 Å². The number of nitrogens with one attached hydrogen (secondary N) is 1. The summed E-state index contributed by atoms with van der Waals surface area (Å²) in [6.45, 7) is 6.61. The Hall–Kier alpha value is -3.48. The van der Waals surface area contributed by atoms with Crippen LogP contribution in [0.5, 0.6) is 11.5 Å². The van der Waals surface area contributed by atoms with Crippen LogP contribution >= 0.6 is 0 Å². The van der Waals surface area contributed by atoms with Crippen LogP contribution in [0.2, 0.25) is 0 Å². The maximum atomic E-state index is 12.9. The van der Waals surface area contributed by atoms with Crippen molar-refractivity contribution in [1.29, 1.82) is 0 Å². The normalized spacial score (nSPS) is 11.1. The summed E-state index contributed by atoms with van der Waals surface area (Å²) in [7, 11) is 3.20. The quantitative estimate of drug-likeness (QED) is 0.587. The van der Waals surface area contributed by atoms with Gasteiger partial charge in [-0.2, -0.15) is 0 Å². The molecule has 0 aliphatic heterocycles. The molecular formula is C24H29N3O4. The summed E-state index contributed by atoms with van der Waals surface area (Å²) in [5.41, 5.74) is 2.05. The van der Waals surface area contributed by atoms with Crippen LogP contribution in [0.25, 0.3) is 11.3 Å². The highest BCUT2D eigenvalue weighted by Crippen LogP contribution is 2.34. The summed E-state index contributed by atoms with van der Waals surface area (Å²) in [6, 6.07) is 17.0. The molecule has 3 aromatic rings. The number of nitrogens with zero attached hydrogens (tertiary/aromatic N) is 2. The van der Waals surface area contributed by atoms with Gasteiger partial charge in [-0.3, -0.25) is 0 Å². The summed E-state index contributed by atoms with van der Waals surface area (Å²) in [4.78, 5) is 14.7. The van der Waals surface area contributed by atoms with E-state index in [9.17, 15) is 4.79 Å². The fraction of sp³-hybridized carbons (Fsp3) is 0.333. The van der Waals surface area contributed by atoms with Gasteiger partial charge in [0.2, 0.25) is 0 Å². The first-order valence-corrected chi connectivity index (χ1v) is 10.1. The van der Waals surface area contributed by atoms with Crippen molar-refractivity contribution in [3.05, 3.63) is 65.9 Å². The minimum absolute atomic E-state index is 0.167. The fourth-order valence-electron chi connectivity index (χ4n) is 3.12. The third-order valence-corrected chi connectivity index (χ3v) is 4.57. The lowest BCUT2D eigenvalue weighted by atomic mass is 10.1. The van der Waals surface area contributed by atoms with Crippen LogP contribution in [0.3, 0.4) is 0 Å². The highest BCUT2D eigenvalue weighted by molar-refractivity contribution is 5.75. The van der Waals surface area contributed by atoms with Gasteiger partial charge in [0.15, 0.2) is 5.76 Å². The number of carbonyl (C=O) groups excluding carboxylic acids is 1. The zero-order valence-electron chi connectivity index (χ0n) is 18.6. The van der Waals surface area contributed by atoms with Gasteiger partial charge in [0, 0.05) is 18.2 Å². The lowest BCUT2D eigenvalue weighted by Crippen LogP contribution is -2.48. The summed E-state index contributed by atoms with van der Waals surface area (Å²) in [6.07, 6.45) is 0. The third kappa shape index (κ3) is 6.01. The second-order valence-corrected chi connectivity index (χ2v) is 8.27. The van der Waals surface area contributed by atoms with E-state index in [2.05, 4.69) is 10.5 Å². The van der Waals surface area contributed by atoms with E-state index in [0.717, 1.165) is 11.1 Å². The van der Waals surface area contributed by atoms with Crippen LogP contribution in [0, 0.1) is 0 Å². The number of urea groups is 1. The van der Waals surface area contributed by atoms with Crippen molar-refractivity contribution < 1.29 is 18.8 Å². The van der Waals surface area contributed by atoms with E-state index in [4.69, 9.17) is 14.0 Å². The molecule has 7 heteroatoms. The zero-order valence-corrected chi connectivity index (χ0v) is 18.6. The number of amides is 2. The van der Waals surface area contributed by atoms with Gasteiger partial charge in [0.1, 0.15) is 17.2 Å². The second kappa shape index (κ2) is 9.55. The van der Waals surface area contributed by atoms with E-state index in [1.54, 1.807) is 19.1 Å². The molecule has 31 heavy (non-hydrogen) atoms. The monoisotopic (exact) mass is 423 g/mol. The van der Waals surface area contributed by atoms with Crippen molar-refractivity contribution >= 4 is 6.03 Å². The van der Waals surface area contributed by atoms with Crippen LogP contribution in [-0.2, 0) is 13.1 Å². The summed E-state index contributed by atoms with van der Waals surface area (Å²) < 4.78 is 16.3. The van der Waals surface area contributed by atoms with Crippen LogP contribution in [-0.4, -0.2) is 35.8 Å². The molecule has 0 saturated carbocycles. The molecule has 0 radical (unpaired) electrons. The molecule has 1 N–H and O–H groups in total. The number of hydrogen-bond donors (Lipinski definition) is 1. The van der Waals surface area contributed by atoms with Gasteiger partial charge in [-0.05, 0) is 44.5 Å². The number of methoxy groups -OCH3 is 2. The number of rotatable bonds is 7. The van der Waals surface area contributed by atoms with E-state index in [-0.39, 0.29) is 11.6 Å².